The number of hydrogen-bond acceptors (Lipinski definition) is 5. The Bertz CT molecular complexity index is 412. The van der Waals surface area contributed by atoms with Gasteiger partial charge in [0.15, 0.2) is 0 Å². The number of hydrogen-bond donors (Lipinski definition) is 2. The van der Waals surface area contributed by atoms with E-state index >= 15 is 0 Å². The molecule has 100 valence electrons. The highest BCUT2D eigenvalue weighted by molar-refractivity contribution is 6.08. The third-order valence-corrected chi connectivity index (χ3v) is 2.22. The van der Waals surface area contributed by atoms with E-state index in [0.717, 1.165) is 5.56 Å². The Balaban J connectivity index is 2.38. The molecule has 2 radical (unpaired) electrons. The minimum absolute atomic E-state index is 0.101. The van der Waals surface area contributed by atoms with Crippen molar-refractivity contribution in [1.29, 1.82) is 0 Å². The van der Waals surface area contributed by atoms with Crippen molar-refractivity contribution >= 4 is 19.8 Å². The number of benzene rings is 1. The number of nitrogens with one attached hydrogen (secondary N) is 1. The van der Waals surface area contributed by atoms with Gasteiger partial charge in [-0.3, -0.25) is 9.59 Å². The normalized spacial score (nSPS) is 11.8. The van der Waals surface area contributed by atoms with Crippen molar-refractivity contribution in [3.05, 3.63) is 35.9 Å². The summed E-state index contributed by atoms with van der Waals surface area (Å²) in [7, 11) is 5.05. The molecule has 6 nitrogen and oxygen atoms in total. The molecule has 0 heterocycles. The van der Waals surface area contributed by atoms with Crippen molar-refractivity contribution in [2.45, 2.75) is 19.1 Å². The lowest BCUT2D eigenvalue weighted by molar-refractivity contribution is -0.153. The van der Waals surface area contributed by atoms with Crippen LogP contribution in [0.15, 0.2) is 30.3 Å². The lowest BCUT2D eigenvalue weighted by Gasteiger charge is -2.13. The van der Waals surface area contributed by atoms with Gasteiger partial charge < -0.3 is 14.7 Å². The summed E-state index contributed by atoms with van der Waals surface area (Å²) in [5, 5.41) is 8.84. The molecule has 0 saturated carbocycles. The van der Waals surface area contributed by atoms with Crippen molar-refractivity contribution < 1.29 is 24.3 Å². The molecule has 1 atom stereocenters. The predicted molar refractivity (Wildman–Crippen MR) is 67.1 cm³/mol. The predicted octanol–water partition coefficient (Wildman–Crippen LogP) is 0.220. The van der Waals surface area contributed by atoms with Crippen molar-refractivity contribution in [2.24, 2.45) is 0 Å². The van der Waals surface area contributed by atoms with Gasteiger partial charge in [-0.1, -0.05) is 30.3 Å². The first-order valence-corrected chi connectivity index (χ1v) is 5.63. The minimum Gasteiger partial charge on any atom is -0.480 e. The van der Waals surface area contributed by atoms with Crippen LogP contribution in [-0.2, 0) is 25.8 Å². The number of carboxylic acids is 1. The summed E-state index contributed by atoms with van der Waals surface area (Å²) < 4.78 is 4.96. The van der Waals surface area contributed by atoms with Crippen LogP contribution in [0.3, 0.4) is 0 Å². The summed E-state index contributed by atoms with van der Waals surface area (Å²) in [6, 6.07) is 7.90. The molecular formula is C12H14BNO5. The van der Waals surface area contributed by atoms with Gasteiger partial charge in [0.25, 0.3) is 0 Å². The number of carbonyl (C=O) groups is 2. The maximum atomic E-state index is 11.5. The molecular weight excluding hydrogens is 249 g/mol. The first-order valence-electron chi connectivity index (χ1n) is 5.63. The van der Waals surface area contributed by atoms with Crippen LogP contribution in [0.4, 0.5) is 0 Å². The molecule has 0 aromatic heterocycles. The van der Waals surface area contributed by atoms with E-state index in [1.807, 2.05) is 18.2 Å². The van der Waals surface area contributed by atoms with E-state index in [2.05, 4.69) is 10.3 Å². The molecule has 0 aliphatic carbocycles. The van der Waals surface area contributed by atoms with Crippen LogP contribution < -0.4 is 5.48 Å². The van der Waals surface area contributed by atoms with Gasteiger partial charge in [0.2, 0.25) is 0 Å². The van der Waals surface area contributed by atoms with Crippen molar-refractivity contribution in [1.82, 2.24) is 5.48 Å². The summed E-state index contributed by atoms with van der Waals surface area (Å²) in [4.78, 5) is 26.9. The first-order chi connectivity index (χ1) is 9.13. The van der Waals surface area contributed by atoms with Crippen molar-refractivity contribution in [3.8, 4) is 0 Å². The zero-order valence-corrected chi connectivity index (χ0v) is 10.2. The van der Waals surface area contributed by atoms with E-state index in [1.54, 1.807) is 12.1 Å². The van der Waals surface area contributed by atoms with Crippen LogP contribution in [0.2, 0.25) is 0 Å². The molecule has 0 amide bonds. The quantitative estimate of drug-likeness (QED) is 0.396. The maximum absolute atomic E-state index is 11.5. The Morgan fingerprint density at radius 2 is 2.00 bits per heavy atom. The van der Waals surface area contributed by atoms with Crippen LogP contribution in [-0.4, -0.2) is 37.4 Å². The highest BCUT2D eigenvalue weighted by Gasteiger charge is 2.22. The molecule has 0 saturated heterocycles. The number of carboxylic acid groups (broad SMARTS) is 1. The SMILES string of the molecule is [B]CON[C@@H](CC(=O)OCc1ccccc1)C(=O)O. The van der Waals surface area contributed by atoms with E-state index < -0.39 is 18.0 Å². The van der Waals surface area contributed by atoms with Gasteiger partial charge in [-0.15, -0.1) is 0 Å². The Hall–Kier alpha value is -1.86. The minimum atomic E-state index is -1.22. The Labute approximate surface area is 112 Å². The maximum Gasteiger partial charge on any atom is 0.323 e. The van der Waals surface area contributed by atoms with Gasteiger partial charge in [0.1, 0.15) is 20.5 Å². The zero-order valence-electron chi connectivity index (χ0n) is 10.2. The fourth-order valence-corrected chi connectivity index (χ4v) is 1.29. The first kappa shape index (κ1) is 15.2. The van der Waals surface area contributed by atoms with Gasteiger partial charge in [0, 0.05) is 6.51 Å². The fraction of sp³-hybridized carbons (Fsp3) is 0.333. The average Bonchev–Trinajstić information content (AvgIpc) is 2.42. The number of hydroxylamine groups is 1. The van der Waals surface area contributed by atoms with Gasteiger partial charge in [-0.25, -0.2) is 0 Å². The molecule has 0 bridgehead atoms. The van der Waals surface area contributed by atoms with Crippen LogP contribution >= 0.6 is 0 Å². The highest BCUT2D eigenvalue weighted by Crippen LogP contribution is 2.03. The van der Waals surface area contributed by atoms with E-state index in [9.17, 15) is 9.59 Å². The van der Waals surface area contributed by atoms with E-state index in [1.165, 1.54) is 0 Å². The standard InChI is InChI=1S/C12H14BNO5/c13-8-19-14-10(12(16)17)6-11(15)18-7-9-4-2-1-3-5-9/h1-5,10,14H,6-8H2,(H,16,17)/t10-/m0/s1. The monoisotopic (exact) mass is 263 g/mol. The molecule has 0 aliphatic rings. The average molecular weight is 263 g/mol. The Morgan fingerprint density at radius 3 is 2.58 bits per heavy atom. The summed E-state index contributed by atoms with van der Waals surface area (Å²) in [5.41, 5.74) is 3.00. The third kappa shape index (κ3) is 6.03. The molecule has 1 aromatic rings. The van der Waals surface area contributed by atoms with E-state index in [4.69, 9.17) is 17.7 Å². The fourth-order valence-electron chi connectivity index (χ4n) is 1.29. The molecule has 1 aromatic carbocycles. The second-order valence-electron chi connectivity index (χ2n) is 3.67. The highest BCUT2D eigenvalue weighted by atomic mass is 16.6. The summed E-state index contributed by atoms with van der Waals surface area (Å²) in [6.45, 7) is -0.0907. The number of rotatable bonds is 8. The number of carbonyl (C=O) groups excluding carboxylic acids is 1. The second-order valence-corrected chi connectivity index (χ2v) is 3.67. The van der Waals surface area contributed by atoms with Crippen molar-refractivity contribution in [2.75, 3.05) is 6.51 Å². The number of aliphatic carboxylic acids is 1. The third-order valence-electron chi connectivity index (χ3n) is 2.22. The Morgan fingerprint density at radius 1 is 1.32 bits per heavy atom. The molecule has 2 N–H and O–H groups in total. The smallest absolute Gasteiger partial charge is 0.323 e. The van der Waals surface area contributed by atoms with E-state index in [0.29, 0.717) is 0 Å². The summed E-state index contributed by atoms with van der Waals surface area (Å²) >= 11 is 0. The lowest BCUT2D eigenvalue weighted by atomic mass is 10.2. The van der Waals surface area contributed by atoms with Gasteiger partial charge in [0.05, 0.1) is 6.42 Å². The zero-order chi connectivity index (χ0) is 14.1. The van der Waals surface area contributed by atoms with Crippen LogP contribution in [0, 0.1) is 0 Å². The molecule has 19 heavy (non-hydrogen) atoms. The van der Waals surface area contributed by atoms with E-state index in [-0.39, 0.29) is 19.5 Å². The van der Waals surface area contributed by atoms with Crippen LogP contribution in [0.25, 0.3) is 0 Å². The molecule has 0 spiro atoms. The largest absolute Gasteiger partial charge is 0.480 e. The van der Waals surface area contributed by atoms with Crippen LogP contribution in [0.5, 0.6) is 0 Å². The van der Waals surface area contributed by atoms with Gasteiger partial charge in [-0.05, 0) is 5.56 Å². The second kappa shape index (κ2) is 8.28. The molecule has 7 heteroatoms. The Kier molecular flexibility index (Phi) is 6.63. The number of esters is 1. The molecule has 0 unspecified atom stereocenters. The van der Waals surface area contributed by atoms with Gasteiger partial charge >= 0.3 is 11.9 Å². The van der Waals surface area contributed by atoms with Gasteiger partial charge in [-0.2, -0.15) is 5.48 Å². The van der Waals surface area contributed by atoms with Crippen LogP contribution in [0.1, 0.15) is 12.0 Å². The molecule has 0 aliphatic heterocycles. The number of ether oxygens (including phenoxy) is 1. The summed E-state index contributed by atoms with van der Waals surface area (Å²) in [5.74, 6) is -1.85. The van der Waals surface area contributed by atoms with Crippen molar-refractivity contribution in [3.63, 3.8) is 0 Å². The topological polar surface area (TPSA) is 84.9 Å². The summed E-state index contributed by atoms with van der Waals surface area (Å²) in [6.07, 6.45) is -0.345. The molecule has 1 rings (SSSR count). The lowest BCUT2D eigenvalue weighted by Crippen LogP contribution is -2.39. The molecule has 0 fully saturated rings.